The van der Waals surface area contributed by atoms with Crippen molar-refractivity contribution in [2.45, 2.75) is 51.8 Å². The van der Waals surface area contributed by atoms with Crippen LogP contribution in [0.3, 0.4) is 0 Å². The van der Waals surface area contributed by atoms with Crippen LogP contribution < -0.4 is 21.1 Å². The summed E-state index contributed by atoms with van der Waals surface area (Å²) in [5.41, 5.74) is 7.48. The molecule has 0 aliphatic heterocycles. The number of benzene rings is 1. The van der Waals surface area contributed by atoms with Gasteiger partial charge in [0, 0.05) is 19.2 Å². The van der Waals surface area contributed by atoms with Crippen LogP contribution >= 0.6 is 0 Å². The molecular weight excluding hydrogens is 356 g/mol. The number of carbonyl (C=O) groups is 1. The predicted octanol–water partition coefficient (Wildman–Crippen LogP) is 2.87. The molecule has 1 aliphatic carbocycles. The van der Waals surface area contributed by atoms with Gasteiger partial charge in [-0.15, -0.1) is 0 Å². The normalized spacial score (nSPS) is 14.9. The average molecular weight is 384 g/mol. The smallest absolute Gasteiger partial charge is 0.284 e. The molecule has 0 atom stereocenters. The van der Waals surface area contributed by atoms with Crippen LogP contribution in [0.4, 0.5) is 0 Å². The highest BCUT2D eigenvalue weighted by Crippen LogP contribution is 2.27. The Labute approximate surface area is 165 Å². The number of primary amides is 1. The van der Waals surface area contributed by atoms with Crippen LogP contribution in [0, 0.1) is 6.92 Å². The molecule has 1 amide bonds. The molecule has 1 aromatic heterocycles. The maximum absolute atomic E-state index is 11.1. The minimum Gasteiger partial charge on any atom is -0.490 e. The molecular formula is C21H28N4O3. The summed E-state index contributed by atoms with van der Waals surface area (Å²) in [5, 5.41) is 6.46. The summed E-state index contributed by atoms with van der Waals surface area (Å²) < 4.78 is 11.6. The van der Waals surface area contributed by atoms with Gasteiger partial charge in [0.2, 0.25) is 0 Å². The number of amides is 1. The minimum absolute atomic E-state index is 0.146. The van der Waals surface area contributed by atoms with Gasteiger partial charge < -0.3 is 25.5 Å². The third kappa shape index (κ3) is 5.28. The van der Waals surface area contributed by atoms with Crippen LogP contribution in [0.1, 0.15) is 53.1 Å². The van der Waals surface area contributed by atoms with Crippen molar-refractivity contribution in [2.75, 3.05) is 7.05 Å². The molecule has 1 heterocycles. The van der Waals surface area contributed by atoms with Crippen LogP contribution in [-0.2, 0) is 13.1 Å². The monoisotopic (exact) mass is 384 g/mol. The second kappa shape index (κ2) is 9.30. The van der Waals surface area contributed by atoms with Gasteiger partial charge in [-0.3, -0.25) is 9.79 Å². The average Bonchev–Trinajstić information content (AvgIpc) is 3.35. The molecule has 7 heteroatoms. The lowest BCUT2D eigenvalue weighted by molar-refractivity contribution is 0.0972. The summed E-state index contributed by atoms with van der Waals surface area (Å²) in [6.07, 6.45) is 5.05. The van der Waals surface area contributed by atoms with Crippen molar-refractivity contribution in [3.8, 4) is 5.75 Å². The number of nitrogens with two attached hydrogens (primary N) is 1. The van der Waals surface area contributed by atoms with Crippen LogP contribution in [0.15, 0.2) is 39.7 Å². The lowest BCUT2D eigenvalue weighted by Gasteiger charge is -2.18. The molecule has 2 aromatic rings. The zero-order valence-corrected chi connectivity index (χ0v) is 16.5. The fourth-order valence-corrected chi connectivity index (χ4v) is 3.28. The molecule has 1 fully saturated rings. The van der Waals surface area contributed by atoms with Gasteiger partial charge in [-0.1, -0.05) is 12.1 Å². The third-order valence-electron chi connectivity index (χ3n) is 4.82. The zero-order valence-electron chi connectivity index (χ0n) is 16.5. The SMILES string of the molecule is CN=C(NCc1ccc(C(N)=O)o1)NCc1ccc(C)cc1OC1CCCC1. The third-order valence-corrected chi connectivity index (χ3v) is 4.82. The Morgan fingerprint density at radius 3 is 2.64 bits per heavy atom. The van der Waals surface area contributed by atoms with Crippen molar-refractivity contribution in [2.24, 2.45) is 10.7 Å². The lowest BCUT2D eigenvalue weighted by atomic mass is 10.1. The zero-order chi connectivity index (χ0) is 19.9. The lowest BCUT2D eigenvalue weighted by Crippen LogP contribution is -2.36. The molecule has 1 saturated carbocycles. The summed E-state index contributed by atoms with van der Waals surface area (Å²) in [6.45, 7) is 3.06. The highest BCUT2D eigenvalue weighted by Gasteiger charge is 2.18. The van der Waals surface area contributed by atoms with Crippen LogP contribution in [0.5, 0.6) is 5.75 Å². The van der Waals surface area contributed by atoms with E-state index in [2.05, 4.69) is 40.7 Å². The number of carbonyl (C=O) groups excluding carboxylic acids is 1. The number of hydrogen-bond donors (Lipinski definition) is 3. The number of furan rings is 1. The summed E-state index contributed by atoms with van der Waals surface area (Å²) >= 11 is 0. The van der Waals surface area contributed by atoms with Crippen molar-refractivity contribution in [1.29, 1.82) is 0 Å². The Kier molecular flexibility index (Phi) is 6.57. The van der Waals surface area contributed by atoms with E-state index < -0.39 is 5.91 Å². The Balaban J connectivity index is 1.57. The molecule has 3 rings (SSSR count). The second-order valence-electron chi connectivity index (χ2n) is 7.05. The first-order chi connectivity index (χ1) is 13.5. The number of nitrogens with one attached hydrogen (secondary N) is 2. The first kappa shape index (κ1) is 19.8. The molecule has 0 radical (unpaired) electrons. The number of aryl methyl sites for hydroxylation is 1. The van der Waals surface area contributed by atoms with Crippen molar-refractivity contribution in [1.82, 2.24) is 10.6 Å². The van der Waals surface area contributed by atoms with Crippen LogP contribution in [0.2, 0.25) is 0 Å². The van der Waals surface area contributed by atoms with Crippen LogP contribution in [0.25, 0.3) is 0 Å². The number of nitrogens with zero attached hydrogens (tertiary/aromatic N) is 1. The fraction of sp³-hybridized carbons (Fsp3) is 0.429. The molecule has 7 nitrogen and oxygen atoms in total. The molecule has 0 bridgehead atoms. The van der Waals surface area contributed by atoms with E-state index in [4.69, 9.17) is 14.9 Å². The molecule has 1 aliphatic rings. The van der Waals surface area contributed by atoms with E-state index in [9.17, 15) is 4.79 Å². The van der Waals surface area contributed by atoms with Crippen molar-refractivity contribution in [3.05, 3.63) is 53.0 Å². The Hall–Kier alpha value is -2.96. The van der Waals surface area contributed by atoms with E-state index >= 15 is 0 Å². The Morgan fingerprint density at radius 2 is 1.96 bits per heavy atom. The van der Waals surface area contributed by atoms with E-state index in [0.717, 1.165) is 24.2 Å². The Morgan fingerprint density at radius 1 is 1.21 bits per heavy atom. The molecule has 150 valence electrons. The van der Waals surface area contributed by atoms with E-state index in [1.807, 2.05) is 0 Å². The van der Waals surface area contributed by atoms with Gasteiger partial charge in [-0.25, -0.2) is 0 Å². The molecule has 28 heavy (non-hydrogen) atoms. The molecule has 0 unspecified atom stereocenters. The molecule has 1 aromatic carbocycles. The topological polar surface area (TPSA) is 102 Å². The molecule has 0 saturated heterocycles. The van der Waals surface area contributed by atoms with E-state index in [0.29, 0.717) is 30.9 Å². The van der Waals surface area contributed by atoms with E-state index in [1.54, 1.807) is 19.2 Å². The first-order valence-electron chi connectivity index (χ1n) is 9.64. The standard InChI is InChI=1S/C21H28N4O3/c1-14-7-8-15(19(11-14)27-16-5-3-4-6-16)12-24-21(23-2)25-13-17-9-10-18(28-17)20(22)26/h7-11,16H,3-6,12-13H2,1-2H3,(H2,22,26)(H2,23,24,25). The predicted molar refractivity (Wildman–Crippen MR) is 108 cm³/mol. The highest BCUT2D eigenvalue weighted by atomic mass is 16.5. The van der Waals surface area contributed by atoms with Gasteiger partial charge >= 0.3 is 0 Å². The minimum atomic E-state index is -0.581. The molecule has 4 N–H and O–H groups in total. The van der Waals surface area contributed by atoms with Crippen molar-refractivity contribution < 1.29 is 13.9 Å². The summed E-state index contributed by atoms with van der Waals surface area (Å²) in [7, 11) is 1.71. The summed E-state index contributed by atoms with van der Waals surface area (Å²) in [4.78, 5) is 15.3. The summed E-state index contributed by atoms with van der Waals surface area (Å²) in [6, 6.07) is 9.55. The van der Waals surface area contributed by atoms with Crippen molar-refractivity contribution >= 4 is 11.9 Å². The van der Waals surface area contributed by atoms with Gasteiger partial charge in [-0.05, 0) is 56.4 Å². The number of ether oxygens (including phenoxy) is 1. The Bertz CT molecular complexity index is 838. The fourth-order valence-electron chi connectivity index (χ4n) is 3.28. The second-order valence-corrected chi connectivity index (χ2v) is 7.05. The van der Waals surface area contributed by atoms with Gasteiger partial charge in [0.25, 0.3) is 5.91 Å². The van der Waals surface area contributed by atoms with Gasteiger partial charge in [0.1, 0.15) is 11.5 Å². The van der Waals surface area contributed by atoms with E-state index in [1.165, 1.54) is 18.4 Å². The van der Waals surface area contributed by atoms with Gasteiger partial charge in [-0.2, -0.15) is 0 Å². The van der Waals surface area contributed by atoms with Crippen molar-refractivity contribution in [3.63, 3.8) is 0 Å². The van der Waals surface area contributed by atoms with Crippen LogP contribution in [-0.4, -0.2) is 25.0 Å². The van der Waals surface area contributed by atoms with Gasteiger partial charge in [0.15, 0.2) is 11.7 Å². The molecule has 0 spiro atoms. The number of hydrogen-bond acceptors (Lipinski definition) is 4. The highest BCUT2D eigenvalue weighted by molar-refractivity contribution is 5.89. The largest absolute Gasteiger partial charge is 0.490 e. The quantitative estimate of drug-likeness (QED) is 0.503. The number of rotatable bonds is 7. The van der Waals surface area contributed by atoms with E-state index in [-0.39, 0.29) is 5.76 Å². The first-order valence-corrected chi connectivity index (χ1v) is 9.64. The number of aliphatic imine (C=N–C) groups is 1. The summed E-state index contributed by atoms with van der Waals surface area (Å²) in [5.74, 6) is 1.74. The number of guanidine groups is 1. The maximum Gasteiger partial charge on any atom is 0.284 e. The van der Waals surface area contributed by atoms with Gasteiger partial charge in [0.05, 0.1) is 12.6 Å². The maximum atomic E-state index is 11.1.